The molecule has 3 heterocycles. The fourth-order valence-electron chi connectivity index (χ4n) is 2.72. The maximum atomic E-state index is 12.4. The molecular formula is C13H14N2O4. The zero-order valence-corrected chi connectivity index (χ0v) is 10.3. The third-order valence-electron chi connectivity index (χ3n) is 3.88. The summed E-state index contributed by atoms with van der Waals surface area (Å²) < 4.78 is 5.26. The highest BCUT2D eigenvalue weighted by atomic mass is 16.5. The lowest BCUT2D eigenvalue weighted by atomic mass is 9.89. The number of aromatic nitrogens is 1. The second kappa shape index (κ2) is 4.40. The van der Waals surface area contributed by atoms with Crippen LogP contribution in [0.25, 0.3) is 0 Å². The number of ether oxygens (including phenoxy) is 1. The molecule has 0 aromatic carbocycles. The van der Waals surface area contributed by atoms with E-state index in [1.165, 1.54) is 17.3 Å². The van der Waals surface area contributed by atoms with Crippen molar-refractivity contribution in [3.8, 4) is 0 Å². The Morgan fingerprint density at radius 2 is 1.95 bits per heavy atom. The van der Waals surface area contributed by atoms with Crippen LogP contribution in [0.5, 0.6) is 0 Å². The summed E-state index contributed by atoms with van der Waals surface area (Å²) in [5.74, 6) is -0.720. The van der Waals surface area contributed by atoms with Crippen LogP contribution in [0.1, 0.15) is 33.6 Å². The Bertz CT molecular complexity index is 502. The van der Waals surface area contributed by atoms with E-state index in [1.807, 2.05) is 0 Å². The molecule has 0 aliphatic carbocycles. The van der Waals surface area contributed by atoms with Gasteiger partial charge in [0.1, 0.15) is 0 Å². The number of carbonyl (C=O) groups is 2. The molecule has 0 unspecified atom stereocenters. The lowest BCUT2D eigenvalue weighted by molar-refractivity contribution is -0.0337. The van der Waals surface area contributed by atoms with Gasteiger partial charge in [-0.1, -0.05) is 0 Å². The topological polar surface area (TPSA) is 79.7 Å². The molecule has 1 saturated heterocycles. The van der Waals surface area contributed by atoms with Crippen LogP contribution in [0.4, 0.5) is 0 Å². The lowest BCUT2D eigenvalue weighted by Crippen LogP contribution is -2.57. The van der Waals surface area contributed by atoms with Gasteiger partial charge in [0, 0.05) is 25.6 Å². The van der Waals surface area contributed by atoms with Gasteiger partial charge in [-0.25, -0.2) is 0 Å². The summed E-state index contributed by atoms with van der Waals surface area (Å²) in [6.45, 7) is 0.633. The number of carbonyl (C=O) groups excluding carboxylic acids is 2. The van der Waals surface area contributed by atoms with Gasteiger partial charge < -0.3 is 9.84 Å². The molecule has 0 spiro atoms. The van der Waals surface area contributed by atoms with Gasteiger partial charge in [0.25, 0.3) is 11.8 Å². The maximum Gasteiger partial charge on any atom is 0.263 e. The van der Waals surface area contributed by atoms with E-state index in [1.54, 1.807) is 6.07 Å². The molecule has 2 amide bonds. The Labute approximate surface area is 110 Å². The third kappa shape index (κ3) is 1.67. The number of hydrogen-bond donors (Lipinski definition) is 1. The van der Waals surface area contributed by atoms with Crippen LogP contribution in [-0.2, 0) is 4.74 Å². The SMILES string of the molecule is O=C1c2ccncc2C(=O)N1C1(CO)CCOCC1. The van der Waals surface area contributed by atoms with Gasteiger partial charge in [0.2, 0.25) is 0 Å². The maximum absolute atomic E-state index is 12.4. The summed E-state index contributed by atoms with van der Waals surface area (Å²) in [7, 11) is 0. The highest BCUT2D eigenvalue weighted by molar-refractivity contribution is 6.21. The molecule has 0 saturated carbocycles. The monoisotopic (exact) mass is 262 g/mol. The molecule has 1 N–H and O–H groups in total. The van der Waals surface area contributed by atoms with E-state index in [2.05, 4.69) is 4.98 Å². The number of aliphatic hydroxyl groups is 1. The number of rotatable bonds is 2. The summed E-state index contributed by atoms with van der Waals surface area (Å²) >= 11 is 0. The molecule has 1 fully saturated rings. The smallest absolute Gasteiger partial charge is 0.263 e. The fraction of sp³-hybridized carbons (Fsp3) is 0.462. The van der Waals surface area contributed by atoms with Crippen molar-refractivity contribution in [2.24, 2.45) is 0 Å². The van der Waals surface area contributed by atoms with E-state index in [9.17, 15) is 14.7 Å². The van der Waals surface area contributed by atoms with Crippen LogP contribution in [0, 0.1) is 0 Å². The molecule has 6 heteroatoms. The van der Waals surface area contributed by atoms with Gasteiger partial charge in [-0.3, -0.25) is 19.5 Å². The summed E-state index contributed by atoms with van der Waals surface area (Å²) in [5, 5.41) is 9.70. The van der Waals surface area contributed by atoms with Gasteiger partial charge in [-0.15, -0.1) is 0 Å². The van der Waals surface area contributed by atoms with E-state index < -0.39 is 5.54 Å². The van der Waals surface area contributed by atoms with Crippen molar-refractivity contribution >= 4 is 11.8 Å². The number of amides is 2. The predicted molar refractivity (Wildman–Crippen MR) is 64.6 cm³/mol. The number of nitrogens with zero attached hydrogens (tertiary/aromatic N) is 2. The Hall–Kier alpha value is -1.79. The van der Waals surface area contributed by atoms with Gasteiger partial charge in [-0.2, -0.15) is 0 Å². The highest BCUT2D eigenvalue weighted by Crippen LogP contribution is 2.34. The molecule has 0 atom stereocenters. The number of aliphatic hydroxyl groups excluding tert-OH is 1. The first kappa shape index (κ1) is 12.3. The predicted octanol–water partition coefficient (Wildman–Crippen LogP) is 0.219. The fourth-order valence-corrected chi connectivity index (χ4v) is 2.72. The number of pyridine rings is 1. The van der Waals surface area contributed by atoms with Crippen LogP contribution >= 0.6 is 0 Å². The van der Waals surface area contributed by atoms with E-state index in [-0.39, 0.29) is 18.4 Å². The van der Waals surface area contributed by atoms with Crippen molar-refractivity contribution in [3.05, 3.63) is 29.6 Å². The molecule has 19 heavy (non-hydrogen) atoms. The number of fused-ring (bicyclic) bond motifs is 1. The van der Waals surface area contributed by atoms with Gasteiger partial charge in [0.15, 0.2) is 0 Å². The quantitative estimate of drug-likeness (QED) is 0.771. The molecule has 100 valence electrons. The van der Waals surface area contributed by atoms with Gasteiger partial charge >= 0.3 is 0 Å². The van der Waals surface area contributed by atoms with Gasteiger partial charge in [-0.05, 0) is 18.9 Å². The Morgan fingerprint density at radius 1 is 1.26 bits per heavy atom. The minimum absolute atomic E-state index is 0.241. The molecule has 2 aliphatic heterocycles. The molecule has 6 nitrogen and oxygen atoms in total. The van der Waals surface area contributed by atoms with Crippen LogP contribution in [0.15, 0.2) is 18.5 Å². The first-order valence-electron chi connectivity index (χ1n) is 6.21. The van der Waals surface area contributed by atoms with Crippen molar-refractivity contribution < 1.29 is 19.4 Å². The second-order valence-electron chi connectivity index (χ2n) is 4.86. The largest absolute Gasteiger partial charge is 0.394 e. The normalized spacial score (nSPS) is 21.6. The first-order chi connectivity index (χ1) is 9.19. The van der Waals surface area contributed by atoms with Crippen molar-refractivity contribution in [1.82, 2.24) is 9.88 Å². The van der Waals surface area contributed by atoms with Crippen molar-refractivity contribution in [2.45, 2.75) is 18.4 Å². The number of hydrogen-bond acceptors (Lipinski definition) is 5. The average Bonchev–Trinajstić information content (AvgIpc) is 2.73. The Kier molecular flexibility index (Phi) is 2.83. The minimum Gasteiger partial charge on any atom is -0.394 e. The van der Waals surface area contributed by atoms with Crippen LogP contribution < -0.4 is 0 Å². The highest BCUT2D eigenvalue weighted by Gasteiger charge is 2.49. The van der Waals surface area contributed by atoms with Crippen LogP contribution in [0.3, 0.4) is 0 Å². The second-order valence-corrected chi connectivity index (χ2v) is 4.86. The molecule has 0 radical (unpaired) electrons. The Balaban J connectivity index is 2.03. The summed E-state index contributed by atoms with van der Waals surface area (Å²) in [5.41, 5.74) is -0.169. The first-order valence-corrected chi connectivity index (χ1v) is 6.21. The lowest BCUT2D eigenvalue weighted by Gasteiger charge is -2.41. The van der Waals surface area contributed by atoms with Crippen molar-refractivity contribution in [3.63, 3.8) is 0 Å². The van der Waals surface area contributed by atoms with Crippen molar-refractivity contribution in [2.75, 3.05) is 19.8 Å². The summed E-state index contributed by atoms with van der Waals surface area (Å²) in [6.07, 6.45) is 3.81. The average molecular weight is 262 g/mol. The molecular weight excluding hydrogens is 248 g/mol. The van der Waals surface area contributed by atoms with E-state index in [4.69, 9.17) is 4.74 Å². The van der Waals surface area contributed by atoms with E-state index in [0.29, 0.717) is 37.2 Å². The van der Waals surface area contributed by atoms with Crippen molar-refractivity contribution in [1.29, 1.82) is 0 Å². The zero-order valence-electron chi connectivity index (χ0n) is 10.3. The number of imide groups is 1. The minimum atomic E-state index is -0.842. The summed E-state index contributed by atoms with van der Waals surface area (Å²) in [4.78, 5) is 29.9. The van der Waals surface area contributed by atoms with Crippen LogP contribution in [-0.4, -0.2) is 52.2 Å². The summed E-state index contributed by atoms with van der Waals surface area (Å²) in [6, 6.07) is 1.54. The molecule has 3 rings (SSSR count). The Morgan fingerprint density at radius 3 is 2.58 bits per heavy atom. The van der Waals surface area contributed by atoms with E-state index in [0.717, 1.165) is 0 Å². The molecule has 1 aromatic rings. The standard InChI is InChI=1S/C13H14N2O4/c16-8-13(2-5-19-6-3-13)15-11(17)9-1-4-14-7-10(9)12(15)18/h1,4,7,16H,2-3,5-6,8H2. The van der Waals surface area contributed by atoms with E-state index >= 15 is 0 Å². The van der Waals surface area contributed by atoms with Gasteiger partial charge in [0.05, 0.1) is 23.3 Å². The molecule has 1 aromatic heterocycles. The zero-order chi connectivity index (χ0) is 13.5. The molecule has 0 bridgehead atoms. The molecule has 2 aliphatic rings. The van der Waals surface area contributed by atoms with Crippen LogP contribution in [0.2, 0.25) is 0 Å². The third-order valence-corrected chi connectivity index (χ3v) is 3.88.